The number of nitrogens with one attached hydrogen (secondary N) is 1. The van der Waals surface area contributed by atoms with E-state index in [9.17, 15) is 9.59 Å². The second-order valence-electron chi connectivity index (χ2n) is 3.49. The van der Waals surface area contributed by atoms with E-state index in [2.05, 4.69) is 10.5 Å². The summed E-state index contributed by atoms with van der Waals surface area (Å²) < 4.78 is 5.00. The number of aliphatic carboxylic acids is 1. The highest BCUT2D eigenvalue weighted by molar-refractivity contribution is 7.98. The second-order valence-corrected chi connectivity index (χ2v) is 4.52. The van der Waals surface area contributed by atoms with Gasteiger partial charge in [-0.3, -0.25) is 4.79 Å². The van der Waals surface area contributed by atoms with Gasteiger partial charge in [0.2, 0.25) is 6.41 Å². The molecule has 0 saturated carbocycles. The van der Waals surface area contributed by atoms with Crippen LogP contribution in [0.3, 0.4) is 0 Å². The van der Waals surface area contributed by atoms with Crippen LogP contribution in [-0.2, 0) is 15.3 Å². The molecule has 1 amide bonds. The minimum atomic E-state index is -1.04. The summed E-state index contributed by atoms with van der Waals surface area (Å²) in [6.07, 6.45) is 0.398. The molecule has 1 rings (SSSR count). The zero-order valence-electron chi connectivity index (χ0n) is 9.60. The highest BCUT2D eigenvalue weighted by Crippen LogP contribution is 2.19. The third-order valence-electron chi connectivity index (χ3n) is 2.28. The molecule has 0 fully saturated rings. The molecule has 0 spiro atoms. The van der Waals surface area contributed by atoms with Crippen LogP contribution in [0, 0.1) is 13.8 Å². The van der Waals surface area contributed by atoms with E-state index in [0.717, 1.165) is 17.0 Å². The monoisotopic (exact) mass is 258 g/mol. The molecule has 7 heteroatoms. The minimum absolute atomic E-state index is 0.304. The number of nitrogens with zero attached hydrogens (tertiary/aromatic N) is 1. The van der Waals surface area contributed by atoms with E-state index < -0.39 is 12.0 Å². The van der Waals surface area contributed by atoms with Gasteiger partial charge in [0.15, 0.2) is 0 Å². The first-order valence-electron chi connectivity index (χ1n) is 4.98. The number of carbonyl (C=O) groups is 2. The molecule has 1 unspecified atom stereocenters. The van der Waals surface area contributed by atoms with Crippen LogP contribution in [0.4, 0.5) is 0 Å². The first-order chi connectivity index (χ1) is 8.06. The zero-order valence-corrected chi connectivity index (χ0v) is 10.4. The number of aromatic nitrogens is 1. The second kappa shape index (κ2) is 6.29. The minimum Gasteiger partial charge on any atom is -0.480 e. The number of hydrogen-bond donors (Lipinski definition) is 2. The van der Waals surface area contributed by atoms with E-state index in [0.29, 0.717) is 17.9 Å². The summed E-state index contributed by atoms with van der Waals surface area (Å²) in [5.41, 5.74) is 1.79. The van der Waals surface area contributed by atoms with E-state index in [1.165, 1.54) is 11.8 Å². The third-order valence-corrected chi connectivity index (χ3v) is 3.34. The molecule has 1 atom stereocenters. The van der Waals surface area contributed by atoms with Gasteiger partial charge in [0, 0.05) is 17.1 Å². The number of carboxylic acids is 1. The largest absolute Gasteiger partial charge is 0.480 e. The molecule has 1 aromatic heterocycles. The molecule has 0 saturated heterocycles. The third kappa shape index (κ3) is 3.77. The molecule has 17 heavy (non-hydrogen) atoms. The van der Waals surface area contributed by atoms with Gasteiger partial charge in [0.05, 0.1) is 5.69 Å². The van der Waals surface area contributed by atoms with Gasteiger partial charge in [-0.2, -0.15) is 11.8 Å². The van der Waals surface area contributed by atoms with Crippen LogP contribution in [0.15, 0.2) is 4.52 Å². The van der Waals surface area contributed by atoms with Crippen LogP contribution in [0.2, 0.25) is 0 Å². The first-order valence-corrected chi connectivity index (χ1v) is 6.13. The van der Waals surface area contributed by atoms with Crippen molar-refractivity contribution >= 4 is 24.1 Å². The van der Waals surface area contributed by atoms with Crippen molar-refractivity contribution in [3.63, 3.8) is 0 Å². The van der Waals surface area contributed by atoms with E-state index in [1.54, 1.807) is 0 Å². The summed E-state index contributed by atoms with van der Waals surface area (Å²) in [6.45, 7) is 3.65. The molecule has 0 aromatic carbocycles. The predicted molar refractivity (Wildman–Crippen MR) is 62.8 cm³/mol. The number of aryl methyl sites for hydroxylation is 2. The lowest BCUT2D eigenvalue weighted by atomic mass is 10.2. The summed E-state index contributed by atoms with van der Waals surface area (Å²) in [6, 6.07) is -0.863. The summed E-state index contributed by atoms with van der Waals surface area (Å²) in [7, 11) is 0. The molecule has 0 aliphatic carbocycles. The van der Waals surface area contributed by atoms with Crippen molar-refractivity contribution in [2.45, 2.75) is 25.6 Å². The Kier molecular flexibility index (Phi) is 5.02. The van der Waals surface area contributed by atoms with Crippen molar-refractivity contribution in [2.24, 2.45) is 0 Å². The van der Waals surface area contributed by atoms with Crippen molar-refractivity contribution in [3.8, 4) is 0 Å². The fraction of sp³-hybridized carbons (Fsp3) is 0.500. The van der Waals surface area contributed by atoms with Crippen molar-refractivity contribution in [1.29, 1.82) is 0 Å². The van der Waals surface area contributed by atoms with Gasteiger partial charge in [-0.05, 0) is 13.8 Å². The molecule has 1 aromatic rings. The van der Waals surface area contributed by atoms with E-state index in [-0.39, 0.29) is 0 Å². The topological polar surface area (TPSA) is 92.4 Å². The number of carbonyl (C=O) groups excluding carboxylic acids is 1. The quantitative estimate of drug-likeness (QED) is 0.700. The highest BCUT2D eigenvalue weighted by Gasteiger charge is 2.17. The van der Waals surface area contributed by atoms with Gasteiger partial charge >= 0.3 is 5.97 Å². The Morgan fingerprint density at radius 3 is 2.82 bits per heavy atom. The maximum absolute atomic E-state index is 10.8. The standard InChI is InChI=1S/C10H14N2O4S/c1-6-8(7(2)16-12-6)3-17-4-9(10(14)15)11-5-13/h5,9H,3-4H2,1-2H3,(H,11,13)(H,14,15). The molecular weight excluding hydrogens is 244 g/mol. The van der Waals surface area contributed by atoms with E-state index >= 15 is 0 Å². The van der Waals surface area contributed by atoms with Crippen LogP contribution in [0.25, 0.3) is 0 Å². The maximum Gasteiger partial charge on any atom is 0.327 e. The molecular formula is C10H14N2O4S. The Morgan fingerprint density at radius 2 is 2.35 bits per heavy atom. The Labute approximate surface area is 103 Å². The van der Waals surface area contributed by atoms with Gasteiger partial charge in [0.25, 0.3) is 0 Å². The molecule has 94 valence electrons. The maximum atomic E-state index is 10.8. The highest BCUT2D eigenvalue weighted by atomic mass is 32.2. The first kappa shape index (κ1) is 13.6. The van der Waals surface area contributed by atoms with Crippen LogP contribution >= 0.6 is 11.8 Å². The molecule has 0 aliphatic rings. The fourth-order valence-electron chi connectivity index (χ4n) is 1.26. The number of carboxylic acid groups (broad SMARTS) is 1. The molecule has 6 nitrogen and oxygen atoms in total. The van der Waals surface area contributed by atoms with Crippen LogP contribution in [-0.4, -0.2) is 34.4 Å². The molecule has 0 bridgehead atoms. The number of rotatable bonds is 7. The average molecular weight is 258 g/mol. The van der Waals surface area contributed by atoms with Gasteiger partial charge in [-0.15, -0.1) is 0 Å². The van der Waals surface area contributed by atoms with Gasteiger partial charge in [-0.1, -0.05) is 5.16 Å². The van der Waals surface area contributed by atoms with Crippen molar-refractivity contribution in [2.75, 3.05) is 5.75 Å². The molecule has 2 N–H and O–H groups in total. The van der Waals surface area contributed by atoms with Crippen LogP contribution in [0.5, 0.6) is 0 Å². The zero-order chi connectivity index (χ0) is 12.8. The number of thioether (sulfide) groups is 1. The van der Waals surface area contributed by atoms with Crippen LogP contribution < -0.4 is 5.32 Å². The lowest BCUT2D eigenvalue weighted by Gasteiger charge is -2.10. The summed E-state index contributed by atoms with van der Waals surface area (Å²) in [5, 5.41) is 14.9. The van der Waals surface area contributed by atoms with Crippen molar-refractivity contribution in [3.05, 3.63) is 17.0 Å². The molecule has 0 radical (unpaired) electrons. The van der Waals surface area contributed by atoms with Gasteiger partial charge in [-0.25, -0.2) is 4.79 Å². The van der Waals surface area contributed by atoms with E-state index in [1.807, 2.05) is 13.8 Å². The van der Waals surface area contributed by atoms with E-state index in [4.69, 9.17) is 9.63 Å². The van der Waals surface area contributed by atoms with Crippen molar-refractivity contribution in [1.82, 2.24) is 10.5 Å². The lowest BCUT2D eigenvalue weighted by Crippen LogP contribution is -2.37. The fourth-order valence-corrected chi connectivity index (χ4v) is 2.47. The average Bonchev–Trinajstić information content (AvgIpc) is 2.58. The summed E-state index contributed by atoms with van der Waals surface area (Å²) in [5.74, 6) is 0.623. The van der Waals surface area contributed by atoms with Crippen molar-refractivity contribution < 1.29 is 19.2 Å². The Balaban J connectivity index is 2.46. The predicted octanol–water partition coefficient (Wildman–Crippen LogP) is 0.724. The summed E-state index contributed by atoms with van der Waals surface area (Å²) in [4.78, 5) is 21.0. The Bertz CT molecular complexity index is 386. The molecule has 1 heterocycles. The normalized spacial score (nSPS) is 12.1. The number of hydrogen-bond acceptors (Lipinski definition) is 5. The number of amides is 1. The summed E-state index contributed by atoms with van der Waals surface area (Å²) >= 11 is 1.41. The van der Waals surface area contributed by atoms with Crippen LogP contribution in [0.1, 0.15) is 17.0 Å². The lowest BCUT2D eigenvalue weighted by molar-refractivity contribution is -0.139. The van der Waals surface area contributed by atoms with Gasteiger partial charge < -0.3 is 14.9 Å². The molecule has 0 aliphatic heterocycles. The van der Waals surface area contributed by atoms with Gasteiger partial charge in [0.1, 0.15) is 11.8 Å². The SMILES string of the molecule is Cc1noc(C)c1CSCC(NC=O)C(=O)O. The smallest absolute Gasteiger partial charge is 0.327 e. The Hall–Kier alpha value is -1.50. The Morgan fingerprint density at radius 1 is 1.65 bits per heavy atom.